The van der Waals surface area contributed by atoms with Crippen molar-refractivity contribution in [3.63, 3.8) is 0 Å². The first-order chi connectivity index (χ1) is 7.02. The third-order valence-corrected chi connectivity index (χ3v) is 2.59. The molecule has 0 aliphatic rings. The van der Waals surface area contributed by atoms with Crippen LogP contribution in [-0.4, -0.2) is 11.0 Å². The molecule has 0 aliphatic heterocycles. The molecular formula is C11H18ClN3. The summed E-state index contributed by atoms with van der Waals surface area (Å²) in [6.45, 7) is 6.50. The summed E-state index contributed by atoms with van der Waals surface area (Å²) in [5.41, 5.74) is 6.32. The summed E-state index contributed by atoms with van der Waals surface area (Å²) in [5.74, 6) is 1.30. The van der Waals surface area contributed by atoms with E-state index in [9.17, 15) is 0 Å². The SMILES string of the molecule is CCC(Nc1cc(N)cc(Cl)n1)C(C)C. The first-order valence-corrected chi connectivity index (χ1v) is 5.60. The molecule has 0 aliphatic carbocycles. The van der Waals surface area contributed by atoms with Crippen molar-refractivity contribution in [2.24, 2.45) is 5.92 Å². The zero-order valence-corrected chi connectivity index (χ0v) is 10.2. The molecule has 0 spiro atoms. The predicted octanol–water partition coefficient (Wildman–Crippen LogP) is 3.16. The molecule has 1 aromatic rings. The van der Waals surface area contributed by atoms with E-state index in [1.807, 2.05) is 0 Å². The number of halogens is 1. The van der Waals surface area contributed by atoms with Crippen molar-refractivity contribution in [1.82, 2.24) is 4.98 Å². The number of nitrogens with one attached hydrogen (secondary N) is 1. The fourth-order valence-electron chi connectivity index (χ4n) is 1.52. The molecule has 1 heterocycles. The Morgan fingerprint density at radius 1 is 1.47 bits per heavy atom. The highest BCUT2D eigenvalue weighted by atomic mass is 35.5. The van der Waals surface area contributed by atoms with E-state index in [4.69, 9.17) is 17.3 Å². The molecule has 1 aromatic heterocycles. The van der Waals surface area contributed by atoms with Gasteiger partial charge in [0.2, 0.25) is 0 Å². The highest BCUT2D eigenvalue weighted by Gasteiger charge is 2.11. The van der Waals surface area contributed by atoms with Crippen LogP contribution in [0.5, 0.6) is 0 Å². The molecule has 0 saturated heterocycles. The van der Waals surface area contributed by atoms with E-state index in [1.54, 1.807) is 12.1 Å². The smallest absolute Gasteiger partial charge is 0.133 e. The highest BCUT2D eigenvalue weighted by Crippen LogP contribution is 2.19. The minimum atomic E-state index is 0.398. The fourth-order valence-corrected chi connectivity index (χ4v) is 1.74. The van der Waals surface area contributed by atoms with Crippen LogP contribution in [0, 0.1) is 5.92 Å². The van der Waals surface area contributed by atoms with E-state index in [0.29, 0.717) is 22.8 Å². The first kappa shape index (κ1) is 12.1. The summed E-state index contributed by atoms with van der Waals surface area (Å²) in [6.07, 6.45) is 1.05. The zero-order valence-electron chi connectivity index (χ0n) is 9.42. The predicted molar refractivity (Wildman–Crippen MR) is 66.2 cm³/mol. The number of hydrogen-bond donors (Lipinski definition) is 2. The summed E-state index contributed by atoms with van der Waals surface area (Å²) in [5, 5.41) is 3.76. The topological polar surface area (TPSA) is 50.9 Å². The second-order valence-electron chi connectivity index (χ2n) is 4.01. The largest absolute Gasteiger partial charge is 0.399 e. The van der Waals surface area contributed by atoms with Crippen LogP contribution in [0.25, 0.3) is 0 Å². The van der Waals surface area contributed by atoms with Crippen molar-refractivity contribution in [2.45, 2.75) is 33.2 Å². The van der Waals surface area contributed by atoms with E-state index < -0.39 is 0 Å². The van der Waals surface area contributed by atoms with Gasteiger partial charge in [-0.25, -0.2) is 4.98 Å². The quantitative estimate of drug-likeness (QED) is 0.777. The molecule has 0 saturated carbocycles. The molecule has 1 rings (SSSR count). The molecule has 1 atom stereocenters. The number of aromatic nitrogens is 1. The maximum absolute atomic E-state index is 5.83. The fraction of sp³-hybridized carbons (Fsp3) is 0.545. The number of hydrogen-bond acceptors (Lipinski definition) is 3. The molecule has 1 unspecified atom stereocenters. The Balaban J connectivity index is 2.79. The normalized spacial score (nSPS) is 12.9. The second-order valence-corrected chi connectivity index (χ2v) is 4.40. The highest BCUT2D eigenvalue weighted by molar-refractivity contribution is 6.29. The van der Waals surface area contributed by atoms with E-state index in [-0.39, 0.29) is 0 Å². The molecule has 84 valence electrons. The summed E-state index contributed by atoms with van der Waals surface area (Å²) < 4.78 is 0. The van der Waals surface area contributed by atoms with Crippen molar-refractivity contribution in [2.75, 3.05) is 11.1 Å². The first-order valence-electron chi connectivity index (χ1n) is 5.22. The maximum atomic E-state index is 5.83. The van der Waals surface area contributed by atoms with Crippen molar-refractivity contribution < 1.29 is 0 Å². The van der Waals surface area contributed by atoms with Crippen LogP contribution in [0.15, 0.2) is 12.1 Å². The monoisotopic (exact) mass is 227 g/mol. The Morgan fingerprint density at radius 2 is 2.13 bits per heavy atom. The van der Waals surface area contributed by atoms with Crippen LogP contribution in [0.2, 0.25) is 5.15 Å². The molecule has 3 N–H and O–H groups in total. The van der Waals surface area contributed by atoms with Gasteiger partial charge in [0, 0.05) is 17.8 Å². The van der Waals surface area contributed by atoms with Crippen LogP contribution in [0.4, 0.5) is 11.5 Å². The summed E-state index contributed by atoms with van der Waals surface area (Å²) in [6, 6.07) is 3.84. The number of nitrogens with zero attached hydrogens (tertiary/aromatic N) is 1. The van der Waals surface area contributed by atoms with E-state index in [2.05, 4.69) is 31.1 Å². The van der Waals surface area contributed by atoms with Gasteiger partial charge in [0.05, 0.1) is 0 Å². The van der Waals surface area contributed by atoms with Crippen LogP contribution in [0.3, 0.4) is 0 Å². The van der Waals surface area contributed by atoms with Gasteiger partial charge in [0.25, 0.3) is 0 Å². The Kier molecular flexibility index (Phi) is 4.21. The van der Waals surface area contributed by atoms with Crippen LogP contribution in [-0.2, 0) is 0 Å². The van der Waals surface area contributed by atoms with Gasteiger partial charge in [-0.1, -0.05) is 32.4 Å². The zero-order chi connectivity index (χ0) is 11.4. The molecule has 4 heteroatoms. The lowest BCUT2D eigenvalue weighted by atomic mass is 10.0. The van der Waals surface area contributed by atoms with Crippen LogP contribution in [0.1, 0.15) is 27.2 Å². The van der Waals surface area contributed by atoms with E-state index in [1.165, 1.54) is 0 Å². The average molecular weight is 228 g/mol. The third-order valence-electron chi connectivity index (χ3n) is 2.39. The summed E-state index contributed by atoms with van der Waals surface area (Å²) in [4.78, 5) is 4.18. The Bertz CT molecular complexity index is 305. The Morgan fingerprint density at radius 3 is 2.60 bits per heavy atom. The lowest BCUT2D eigenvalue weighted by Crippen LogP contribution is -2.25. The van der Waals surface area contributed by atoms with E-state index in [0.717, 1.165) is 12.2 Å². The molecule has 3 nitrogen and oxygen atoms in total. The molecule has 15 heavy (non-hydrogen) atoms. The van der Waals surface area contributed by atoms with Gasteiger partial charge < -0.3 is 11.1 Å². The number of nitrogen functional groups attached to an aromatic ring is 1. The van der Waals surface area contributed by atoms with Gasteiger partial charge in [-0.15, -0.1) is 0 Å². The molecular weight excluding hydrogens is 210 g/mol. The number of pyridine rings is 1. The Hall–Kier alpha value is -0.960. The van der Waals surface area contributed by atoms with Gasteiger partial charge in [-0.05, 0) is 18.4 Å². The lowest BCUT2D eigenvalue weighted by molar-refractivity contribution is 0.510. The van der Waals surface area contributed by atoms with Crippen molar-refractivity contribution in [3.8, 4) is 0 Å². The van der Waals surface area contributed by atoms with Crippen LogP contribution >= 0.6 is 11.6 Å². The molecule has 0 fully saturated rings. The minimum absolute atomic E-state index is 0.398. The van der Waals surface area contributed by atoms with Crippen molar-refractivity contribution >= 4 is 23.1 Å². The molecule has 0 radical (unpaired) electrons. The van der Waals surface area contributed by atoms with Gasteiger partial charge in [0.15, 0.2) is 0 Å². The van der Waals surface area contributed by atoms with Crippen molar-refractivity contribution in [3.05, 3.63) is 17.3 Å². The van der Waals surface area contributed by atoms with E-state index >= 15 is 0 Å². The lowest BCUT2D eigenvalue weighted by Gasteiger charge is -2.21. The maximum Gasteiger partial charge on any atom is 0.133 e. The standard InChI is InChI=1S/C11H18ClN3/c1-4-9(7(2)3)14-11-6-8(13)5-10(12)15-11/h5-7,9H,4H2,1-3H3,(H3,13,14,15). The van der Waals surface area contributed by atoms with Crippen molar-refractivity contribution in [1.29, 1.82) is 0 Å². The summed E-state index contributed by atoms with van der Waals surface area (Å²) in [7, 11) is 0. The molecule has 0 bridgehead atoms. The second kappa shape index (κ2) is 5.21. The summed E-state index contributed by atoms with van der Waals surface area (Å²) >= 11 is 5.83. The molecule has 0 aromatic carbocycles. The number of anilines is 2. The Labute approximate surface area is 96.0 Å². The van der Waals surface area contributed by atoms with Crippen LogP contribution < -0.4 is 11.1 Å². The number of nitrogens with two attached hydrogens (primary N) is 1. The molecule has 0 amide bonds. The average Bonchev–Trinajstić information content (AvgIpc) is 2.12. The van der Waals surface area contributed by atoms with Gasteiger partial charge in [0.1, 0.15) is 11.0 Å². The van der Waals surface area contributed by atoms with Gasteiger partial charge in [-0.2, -0.15) is 0 Å². The number of rotatable bonds is 4. The third kappa shape index (κ3) is 3.59. The van der Waals surface area contributed by atoms with Gasteiger partial charge >= 0.3 is 0 Å². The van der Waals surface area contributed by atoms with Gasteiger partial charge in [-0.3, -0.25) is 0 Å². The minimum Gasteiger partial charge on any atom is -0.399 e.